The average Bonchev–Trinajstić information content (AvgIpc) is 1.27. The van der Waals surface area contributed by atoms with Gasteiger partial charge < -0.3 is 0 Å². The number of rotatable bonds is 2. The van der Waals surface area contributed by atoms with Crippen LogP contribution in [0.5, 0.6) is 0 Å². The van der Waals surface area contributed by atoms with Gasteiger partial charge in [0, 0.05) is 6.42 Å². The Labute approximate surface area is 54.5 Å². The van der Waals surface area contributed by atoms with E-state index in [0.29, 0.717) is 0 Å². The molecule has 0 aromatic rings. The average molecular weight is 172 g/mol. The van der Waals surface area contributed by atoms with Crippen LogP contribution in [0.2, 0.25) is 0 Å². The molecule has 0 nitrogen and oxygen atoms in total. The molecule has 0 bridgehead atoms. The summed E-state index contributed by atoms with van der Waals surface area (Å²) in [5.74, 6) is 0. The lowest BCUT2D eigenvalue weighted by atomic mass is 10.3. The molecule has 0 spiro atoms. The maximum Gasteiger partial charge on any atom is 0.241 e. The summed E-state index contributed by atoms with van der Waals surface area (Å²) in [6.45, 7) is 1.12. The van der Waals surface area contributed by atoms with Crippen LogP contribution in [0.1, 0.15) is 13.3 Å². The van der Waals surface area contributed by atoms with E-state index in [-0.39, 0.29) is 14.1 Å². The van der Waals surface area contributed by atoms with E-state index in [1.54, 1.807) is 0 Å². The van der Waals surface area contributed by atoms with Crippen LogP contribution < -0.4 is 0 Å². The van der Waals surface area contributed by atoms with Crippen molar-refractivity contribution in [2.45, 2.75) is 25.9 Å². The second-order valence-corrected chi connectivity index (χ2v) is 1.41. The monoisotopic (exact) mass is 172 g/mol. The maximum absolute atomic E-state index is 11.5. The SMILES string of the molecule is CC(F)CC(F)F.F.F.F. The smallest absolute Gasteiger partial charge is 0.241 e. The van der Waals surface area contributed by atoms with Crippen LogP contribution in [0.4, 0.5) is 27.3 Å². The number of alkyl halides is 3. The van der Waals surface area contributed by atoms with Crippen molar-refractivity contribution in [2.24, 2.45) is 0 Å². The second kappa shape index (κ2) is 11.4. The van der Waals surface area contributed by atoms with Crippen molar-refractivity contribution in [3.8, 4) is 0 Å². The van der Waals surface area contributed by atoms with E-state index in [1.807, 2.05) is 0 Å². The van der Waals surface area contributed by atoms with E-state index < -0.39 is 19.0 Å². The van der Waals surface area contributed by atoms with Gasteiger partial charge in [-0.05, 0) is 6.92 Å². The summed E-state index contributed by atoms with van der Waals surface area (Å²) in [6.07, 6.45) is -4.51. The van der Waals surface area contributed by atoms with Gasteiger partial charge in [0.05, 0.1) is 0 Å². The molecule has 10 heavy (non-hydrogen) atoms. The Balaban J connectivity index is -0.0000000600. The van der Waals surface area contributed by atoms with Crippen molar-refractivity contribution in [3.63, 3.8) is 0 Å². The Kier molecular flexibility index (Phi) is 25.8. The van der Waals surface area contributed by atoms with Crippen molar-refractivity contribution in [2.75, 3.05) is 0 Å². The van der Waals surface area contributed by atoms with Gasteiger partial charge in [0.1, 0.15) is 6.17 Å². The molecule has 0 aliphatic heterocycles. The van der Waals surface area contributed by atoms with Gasteiger partial charge in [-0.25, -0.2) is 13.2 Å². The molecule has 0 fully saturated rings. The standard InChI is InChI=1S/C4H7F3.3FH/c1-3(5)2-4(6)7;;;/h3-4H,2H2,1H3;3*1H. The molecule has 0 amide bonds. The van der Waals surface area contributed by atoms with Crippen LogP contribution >= 0.6 is 0 Å². The van der Waals surface area contributed by atoms with E-state index in [1.165, 1.54) is 0 Å². The molecule has 68 valence electrons. The van der Waals surface area contributed by atoms with Crippen molar-refractivity contribution in [1.29, 1.82) is 0 Å². The minimum atomic E-state index is -2.50. The summed E-state index contributed by atoms with van der Waals surface area (Å²) < 4.78 is 33.6. The van der Waals surface area contributed by atoms with Gasteiger partial charge >= 0.3 is 0 Å². The Hall–Kier alpha value is -0.420. The van der Waals surface area contributed by atoms with Gasteiger partial charge in [-0.15, -0.1) is 0 Å². The van der Waals surface area contributed by atoms with Gasteiger partial charge in [0.2, 0.25) is 6.43 Å². The molecule has 0 radical (unpaired) electrons. The molecule has 0 aromatic heterocycles. The predicted molar refractivity (Wildman–Crippen MR) is 28.7 cm³/mol. The largest absolute Gasteiger partial charge is 0.269 e. The van der Waals surface area contributed by atoms with Crippen LogP contribution in [0.25, 0.3) is 0 Å². The highest BCUT2D eigenvalue weighted by Crippen LogP contribution is 2.04. The highest BCUT2D eigenvalue weighted by Gasteiger charge is 2.06. The van der Waals surface area contributed by atoms with Gasteiger partial charge in [-0.3, -0.25) is 14.1 Å². The van der Waals surface area contributed by atoms with Crippen molar-refractivity contribution >= 4 is 0 Å². The third kappa shape index (κ3) is 25.6. The summed E-state index contributed by atoms with van der Waals surface area (Å²) in [6, 6.07) is 0. The van der Waals surface area contributed by atoms with Crippen LogP contribution in [0.3, 0.4) is 0 Å². The Bertz CT molecular complexity index is 39.0. The molecule has 1 unspecified atom stereocenters. The third-order valence-electron chi connectivity index (χ3n) is 0.503. The Morgan fingerprint density at radius 2 is 1.30 bits per heavy atom. The fourth-order valence-corrected chi connectivity index (χ4v) is 0.246. The first-order valence-electron chi connectivity index (χ1n) is 2.05. The van der Waals surface area contributed by atoms with Crippen molar-refractivity contribution < 1.29 is 27.3 Å². The molecular formula is C4H10F6. The fourth-order valence-electron chi connectivity index (χ4n) is 0.246. The lowest BCUT2D eigenvalue weighted by Gasteiger charge is -1.96. The summed E-state index contributed by atoms with van der Waals surface area (Å²) in [5.41, 5.74) is 0. The molecule has 6 heteroatoms. The normalized spacial score (nSPS) is 10.5. The number of halogens is 6. The quantitative estimate of drug-likeness (QED) is 0.561. The first-order chi connectivity index (χ1) is 3.13. The highest BCUT2D eigenvalue weighted by molar-refractivity contribution is 4.47. The Morgan fingerprint density at radius 1 is 1.00 bits per heavy atom. The van der Waals surface area contributed by atoms with Crippen LogP contribution in [0, 0.1) is 0 Å². The first-order valence-corrected chi connectivity index (χ1v) is 2.05. The summed E-state index contributed by atoms with van der Waals surface area (Å²) in [5, 5.41) is 0. The summed E-state index contributed by atoms with van der Waals surface area (Å²) in [4.78, 5) is 0. The van der Waals surface area contributed by atoms with Crippen LogP contribution in [0.15, 0.2) is 0 Å². The van der Waals surface area contributed by atoms with Crippen molar-refractivity contribution in [1.82, 2.24) is 0 Å². The zero-order valence-corrected chi connectivity index (χ0v) is 5.22. The molecule has 0 aliphatic rings. The lowest BCUT2D eigenvalue weighted by Crippen LogP contribution is -1.99. The topological polar surface area (TPSA) is 0 Å². The lowest BCUT2D eigenvalue weighted by molar-refractivity contribution is 0.106. The van der Waals surface area contributed by atoms with E-state index in [0.717, 1.165) is 6.92 Å². The number of hydrogen-bond donors (Lipinski definition) is 0. The molecule has 0 aliphatic carbocycles. The molecular weight excluding hydrogens is 162 g/mol. The highest BCUT2D eigenvalue weighted by atomic mass is 19.3. The Morgan fingerprint density at radius 3 is 1.30 bits per heavy atom. The molecule has 1 atom stereocenters. The van der Waals surface area contributed by atoms with E-state index in [2.05, 4.69) is 0 Å². The molecule has 0 N–H and O–H groups in total. The molecule has 0 saturated carbocycles. The summed E-state index contributed by atoms with van der Waals surface area (Å²) in [7, 11) is 0. The molecule has 0 aromatic carbocycles. The maximum atomic E-state index is 11.5. The second-order valence-electron chi connectivity index (χ2n) is 1.41. The number of hydrogen-bond acceptors (Lipinski definition) is 0. The van der Waals surface area contributed by atoms with Gasteiger partial charge in [0.15, 0.2) is 0 Å². The predicted octanol–water partition coefficient (Wildman–Crippen LogP) is 2.46. The zero-order chi connectivity index (χ0) is 5.86. The van der Waals surface area contributed by atoms with E-state index in [9.17, 15) is 13.2 Å². The summed E-state index contributed by atoms with van der Waals surface area (Å²) >= 11 is 0. The van der Waals surface area contributed by atoms with Crippen LogP contribution in [-0.4, -0.2) is 12.6 Å². The molecule has 0 saturated heterocycles. The minimum absolute atomic E-state index is 0. The fraction of sp³-hybridized carbons (Fsp3) is 1.00. The van der Waals surface area contributed by atoms with Crippen LogP contribution in [-0.2, 0) is 0 Å². The minimum Gasteiger partial charge on any atom is -0.269 e. The first kappa shape index (κ1) is 22.7. The van der Waals surface area contributed by atoms with E-state index in [4.69, 9.17) is 0 Å². The third-order valence-corrected chi connectivity index (χ3v) is 0.503. The zero-order valence-electron chi connectivity index (χ0n) is 5.22. The van der Waals surface area contributed by atoms with Gasteiger partial charge in [0.25, 0.3) is 0 Å². The van der Waals surface area contributed by atoms with Crippen molar-refractivity contribution in [3.05, 3.63) is 0 Å². The molecule has 0 heterocycles. The molecule has 0 rings (SSSR count). The van der Waals surface area contributed by atoms with Gasteiger partial charge in [-0.2, -0.15) is 0 Å². The van der Waals surface area contributed by atoms with E-state index >= 15 is 0 Å². The van der Waals surface area contributed by atoms with Gasteiger partial charge in [-0.1, -0.05) is 0 Å².